The molecule has 1 fully saturated rings. The van der Waals surface area contributed by atoms with E-state index in [-0.39, 0.29) is 24.6 Å². The summed E-state index contributed by atoms with van der Waals surface area (Å²) in [6.45, 7) is 7.00. The summed E-state index contributed by atoms with van der Waals surface area (Å²) in [5.41, 5.74) is 1.02. The number of hydrogen-bond donors (Lipinski definition) is 1. The maximum atomic E-state index is 11.9. The number of carbonyl (C=O) groups excluding carboxylic acids is 1. The molecule has 0 radical (unpaired) electrons. The summed E-state index contributed by atoms with van der Waals surface area (Å²) in [5, 5.41) is 3.32. The van der Waals surface area contributed by atoms with Crippen molar-refractivity contribution in [3.63, 3.8) is 0 Å². The molecule has 2 aliphatic rings. The molecule has 0 bridgehead atoms. The molecule has 0 spiro atoms. The van der Waals surface area contributed by atoms with Crippen LogP contribution in [0.15, 0.2) is 21.6 Å². The number of rotatable bonds is 4. The summed E-state index contributed by atoms with van der Waals surface area (Å²) in [5.74, 6) is 2.22. The molecule has 7 nitrogen and oxygen atoms in total. The summed E-state index contributed by atoms with van der Waals surface area (Å²) >= 11 is 3.51. The zero-order valence-corrected chi connectivity index (χ0v) is 16.8. The average Bonchev–Trinajstić information content (AvgIpc) is 3.24. The summed E-state index contributed by atoms with van der Waals surface area (Å²) in [6.07, 6.45) is 0. The van der Waals surface area contributed by atoms with E-state index in [1.165, 1.54) is 7.11 Å². The molecule has 1 saturated heterocycles. The lowest BCUT2D eigenvalue weighted by molar-refractivity contribution is -0.145. The number of esters is 1. The molecule has 3 rings (SSSR count). The molecule has 0 saturated carbocycles. The Bertz CT molecular complexity index is 710. The van der Waals surface area contributed by atoms with Crippen LogP contribution in [-0.4, -0.2) is 50.4 Å². The minimum absolute atomic E-state index is 0.122. The van der Waals surface area contributed by atoms with E-state index in [1.807, 2.05) is 19.1 Å². The van der Waals surface area contributed by atoms with Gasteiger partial charge in [0.2, 0.25) is 6.79 Å². The Hall–Kier alpha value is -1.96. The average molecular weight is 426 g/mol. The predicted octanol–water partition coefficient (Wildman–Crippen LogP) is 2.38. The molecule has 142 valence electrons. The van der Waals surface area contributed by atoms with Crippen LogP contribution < -0.4 is 14.8 Å². The summed E-state index contributed by atoms with van der Waals surface area (Å²) in [7, 11) is 1.44. The van der Waals surface area contributed by atoms with E-state index in [1.54, 1.807) is 0 Å². The van der Waals surface area contributed by atoms with Crippen molar-refractivity contribution in [3.8, 4) is 11.5 Å². The monoisotopic (exact) mass is 425 g/mol. The SMILES string of the molecule is CCNC(=NCc1cc(Br)c2c(c1)OCO2)N1CC(C)C(C(=O)OC)C1. The topological polar surface area (TPSA) is 72.4 Å². The van der Waals surface area contributed by atoms with Crippen molar-refractivity contribution < 1.29 is 19.0 Å². The van der Waals surface area contributed by atoms with Crippen LogP contribution >= 0.6 is 15.9 Å². The lowest BCUT2D eigenvalue weighted by Gasteiger charge is -2.21. The van der Waals surface area contributed by atoms with E-state index in [0.29, 0.717) is 13.1 Å². The second kappa shape index (κ2) is 8.16. The number of halogens is 1. The van der Waals surface area contributed by atoms with E-state index in [4.69, 9.17) is 19.2 Å². The van der Waals surface area contributed by atoms with Crippen LogP contribution in [0.5, 0.6) is 11.5 Å². The van der Waals surface area contributed by atoms with Gasteiger partial charge in [-0.2, -0.15) is 0 Å². The molecular weight excluding hydrogens is 402 g/mol. The van der Waals surface area contributed by atoms with Crippen LogP contribution in [0, 0.1) is 11.8 Å². The molecule has 0 aromatic heterocycles. The van der Waals surface area contributed by atoms with Gasteiger partial charge in [0.15, 0.2) is 17.5 Å². The fraction of sp³-hybridized carbons (Fsp3) is 0.556. The zero-order chi connectivity index (χ0) is 18.7. The molecule has 26 heavy (non-hydrogen) atoms. The van der Waals surface area contributed by atoms with Crippen molar-refractivity contribution in [3.05, 3.63) is 22.2 Å². The van der Waals surface area contributed by atoms with Crippen molar-refractivity contribution in [2.45, 2.75) is 20.4 Å². The van der Waals surface area contributed by atoms with Crippen molar-refractivity contribution in [1.29, 1.82) is 0 Å². The van der Waals surface area contributed by atoms with Crippen molar-refractivity contribution in [2.24, 2.45) is 16.8 Å². The van der Waals surface area contributed by atoms with Gasteiger partial charge in [-0.15, -0.1) is 0 Å². The van der Waals surface area contributed by atoms with Crippen LogP contribution in [0.25, 0.3) is 0 Å². The van der Waals surface area contributed by atoms with Crippen molar-refractivity contribution >= 4 is 27.9 Å². The highest BCUT2D eigenvalue weighted by Gasteiger charge is 2.36. The molecule has 1 aromatic rings. The third kappa shape index (κ3) is 3.90. The largest absolute Gasteiger partial charge is 0.469 e. The molecule has 0 amide bonds. The summed E-state index contributed by atoms with van der Waals surface area (Å²) in [4.78, 5) is 18.8. The Balaban J connectivity index is 1.74. The third-order valence-electron chi connectivity index (χ3n) is 4.65. The lowest BCUT2D eigenvalue weighted by Crippen LogP contribution is -2.40. The number of ether oxygens (including phenoxy) is 3. The highest BCUT2D eigenvalue weighted by Crippen LogP contribution is 2.40. The van der Waals surface area contributed by atoms with Gasteiger partial charge in [0, 0.05) is 19.6 Å². The first-order chi connectivity index (χ1) is 12.5. The lowest BCUT2D eigenvalue weighted by atomic mass is 9.99. The minimum atomic E-state index is -0.157. The van der Waals surface area contributed by atoms with Crippen molar-refractivity contribution in [2.75, 3.05) is 33.5 Å². The number of aliphatic imine (C=N–C) groups is 1. The van der Waals surface area contributed by atoms with Crippen LogP contribution in [0.1, 0.15) is 19.4 Å². The van der Waals surface area contributed by atoms with Crippen LogP contribution in [0.3, 0.4) is 0 Å². The van der Waals surface area contributed by atoms with Gasteiger partial charge in [0.1, 0.15) is 0 Å². The second-order valence-corrected chi connectivity index (χ2v) is 7.35. The number of carbonyl (C=O) groups is 1. The summed E-state index contributed by atoms with van der Waals surface area (Å²) in [6, 6.07) is 3.94. The molecule has 0 aliphatic carbocycles. The van der Waals surface area contributed by atoms with E-state index >= 15 is 0 Å². The quantitative estimate of drug-likeness (QED) is 0.453. The molecule has 1 aromatic carbocycles. The molecule has 1 N–H and O–H groups in total. The number of fused-ring (bicyclic) bond motifs is 1. The molecule has 2 aliphatic heterocycles. The maximum Gasteiger partial charge on any atom is 0.310 e. The van der Waals surface area contributed by atoms with Gasteiger partial charge < -0.3 is 24.4 Å². The van der Waals surface area contributed by atoms with E-state index in [9.17, 15) is 4.79 Å². The van der Waals surface area contributed by atoms with E-state index < -0.39 is 0 Å². The Kier molecular flexibility index (Phi) is 5.90. The maximum absolute atomic E-state index is 11.9. The molecule has 2 atom stereocenters. The van der Waals surface area contributed by atoms with Gasteiger partial charge in [0.05, 0.1) is 24.0 Å². The van der Waals surface area contributed by atoms with Gasteiger partial charge in [-0.25, -0.2) is 4.99 Å². The minimum Gasteiger partial charge on any atom is -0.469 e. The van der Waals surface area contributed by atoms with Gasteiger partial charge in [0.25, 0.3) is 0 Å². The Morgan fingerprint density at radius 3 is 2.96 bits per heavy atom. The second-order valence-electron chi connectivity index (χ2n) is 6.49. The fourth-order valence-corrected chi connectivity index (χ4v) is 3.91. The first-order valence-electron chi connectivity index (χ1n) is 8.72. The van der Waals surface area contributed by atoms with Gasteiger partial charge >= 0.3 is 5.97 Å². The number of hydrogen-bond acceptors (Lipinski definition) is 5. The van der Waals surface area contributed by atoms with E-state index in [0.717, 1.165) is 40.6 Å². The van der Waals surface area contributed by atoms with E-state index in [2.05, 4.69) is 33.1 Å². The molecule has 2 heterocycles. The number of likely N-dealkylation sites (tertiary alicyclic amines) is 1. The molecule has 2 unspecified atom stereocenters. The predicted molar refractivity (Wildman–Crippen MR) is 101 cm³/mol. The fourth-order valence-electron chi connectivity index (χ4n) is 3.30. The normalized spacial score (nSPS) is 21.8. The number of guanidine groups is 1. The number of nitrogens with zero attached hydrogens (tertiary/aromatic N) is 2. The Morgan fingerprint density at radius 1 is 1.42 bits per heavy atom. The van der Waals surface area contributed by atoms with Gasteiger partial charge in [-0.05, 0) is 46.5 Å². The molecule has 8 heteroatoms. The van der Waals surface area contributed by atoms with Crippen LogP contribution in [0.4, 0.5) is 0 Å². The highest BCUT2D eigenvalue weighted by atomic mass is 79.9. The van der Waals surface area contributed by atoms with Crippen molar-refractivity contribution in [1.82, 2.24) is 10.2 Å². The smallest absolute Gasteiger partial charge is 0.310 e. The van der Waals surface area contributed by atoms with Gasteiger partial charge in [-0.3, -0.25) is 4.79 Å². The Labute approximate surface area is 161 Å². The standard InChI is InChI=1S/C18H24BrN3O4/c1-4-20-18(22-8-11(2)13(9-22)17(23)24-3)21-7-12-5-14(19)16-15(6-12)25-10-26-16/h5-6,11,13H,4,7-10H2,1-3H3,(H,20,21). The highest BCUT2D eigenvalue weighted by molar-refractivity contribution is 9.10. The van der Waals surface area contributed by atoms with Crippen LogP contribution in [0.2, 0.25) is 0 Å². The zero-order valence-electron chi connectivity index (χ0n) is 15.3. The summed E-state index contributed by atoms with van der Waals surface area (Å²) < 4.78 is 16.7. The third-order valence-corrected chi connectivity index (χ3v) is 5.24. The first kappa shape index (κ1) is 18.8. The van der Waals surface area contributed by atoms with Crippen LogP contribution in [-0.2, 0) is 16.1 Å². The number of methoxy groups -OCH3 is 1. The number of nitrogens with one attached hydrogen (secondary N) is 1. The first-order valence-corrected chi connectivity index (χ1v) is 9.51. The molecular formula is C18H24BrN3O4. The Morgan fingerprint density at radius 2 is 2.23 bits per heavy atom. The number of benzene rings is 1. The van der Waals surface area contributed by atoms with Gasteiger partial charge in [-0.1, -0.05) is 6.92 Å².